The summed E-state index contributed by atoms with van der Waals surface area (Å²) in [6.45, 7) is 0. The number of ether oxygens (including phenoxy) is 1. The summed E-state index contributed by atoms with van der Waals surface area (Å²) in [5.74, 6) is 1.40. The zero-order chi connectivity index (χ0) is 37.4. The van der Waals surface area contributed by atoms with E-state index in [4.69, 9.17) is 9.72 Å². The van der Waals surface area contributed by atoms with Gasteiger partial charge in [-0.25, -0.2) is 4.98 Å². The van der Waals surface area contributed by atoms with Gasteiger partial charge in [0.05, 0.1) is 23.0 Å². The second kappa shape index (κ2) is 13.9. The zero-order valence-corrected chi connectivity index (χ0v) is 30.3. The van der Waals surface area contributed by atoms with Crippen molar-refractivity contribution in [3.63, 3.8) is 0 Å². The summed E-state index contributed by atoms with van der Waals surface area (Å²) in [4.78, 5) is 5.09. The summed E-state index contributed by atoms with van der Waals surface area (Å²) >= 11 is 0. The lowest BCUT2D eigenvalue weighted by molar-refractivity contribution is 0.518. The van der Waals surface area contributed by atoms with Crippen LogP contribution < -0.4 is 4.74 Å². The molecule has 0 saturated carbocycles. The van der Waals surface area contributed by atoms with Gasteiger partial charge in [-0.05, 0) is 98.1 Å². The van der Waals surface area contributed by atoms with Crippen LogP contribution in [0, 0.1) is 11.3 Å². The van der Waals surface area contributed by atoms with Crippen molar-refractivity contribution in [2.45, 2.75) is 0 Å². The van der Waals surface area contributed by atoms with Crippen molar-refractivity contribution in [2.75, 3.05) is 0 Å². The number of pyridine rings is 1. The van der Waals surface area contributed by atoms with Crippen LogP contribution in [0.4, 0.5) is 0 Å². The molecule has 1 aliphatic heterocycles. The molecule has 0 atom stereocenters. The Labute approximate surface area is 325 Å². The van der Waals surface area contributed by atoms with Crippen LogP contribution in [0.1, 0.15) is 16.7 Å². The molecule has 0 spiro atoms. The molecule has 56 heavy (non-hydrogen) atoms. The molecule has 1 aliphatic rings. The molecule has 3 nitrogen and oxygen atoms in total. The number of nitrogens with zero attached hydrogens (tertiary/aromatic N) is 2. The second-order valence-corrected chi connectivity index (χ2v) is 14.0. The monoisotopic (exact) mass is 712 g/mol. The smallest absolute Gasteiger partial charge is 0.177 e. The fraction of sp³-hybridized carbons (Fsp3) is 0. The van der Waals surface area contributed by atoms with Crippen molar-refractivity contribution in [3.05, 3.63) is 210 Å². The van der Waals surface area contributed by atoms with Gasteiger partial charge < -0.3 is 4.74 Å². The van der Waals surface area contributed by atoms with E-state index in [1.165, 1.54) is 16.3 Å². The van der Waals surface area contributed by atoms with Gasteiger partial charge in [0.25, 0.3) is 0 Å². The molecule has 3 heteroatoms. The molecule has 0 amide bonds. The third kappa shape index (κ3) is 6.03. The maximum absolute atomic E-state index is 9.45. The highest BCUT2D eigenvalue weighted by molar-refractivity contribution is 6.06. The highest BCUT2D eigenvalue weighted by atomic mass is 16.5. The number of nitriles is 1. The summed E-state index contributed by atoms with van der Waals surface area (Å²) in [7, 11) is 0. The summed E-state index contributed by atoms with van der Waals surface area (Å²) in [6, 6.07) is 67.7. The summed E-state index contributed by atoms with van der Waals surface area (Å²) in [5, 5.41) is 13.9. The Bertz CT molecular complexity index is 3020. The molecule has 0 saturated heterocycles. The van der Waals surface area contributed by atoms with Crippen molar-refractivity contribution in [1.82, 2.24) is 4.98 Å². The van der Waals surface area contributed by atoms with Crippen molar-refractivity contribution >= 4 is 33.4 Å². The predicted octanol–water partition coefficient (Wildman–Crippen LogP) is 13.6. The summed E-state index contributed by atoms with van der Waals surface area (Å²) in [5.41, 5.74) is 16.6. The van der Waals surface area contributed by atoms with Crippen LogP contribution in [0.25, 0.3) is 89.3 Å². The first-order valence-electron chi connectivity index (χ1n) is 18.7. The molecular weight excluding hydrogens is 681 g/mol. The number of hydrogen-bond acceptors (Lipinski definition) is 3. The second-order valence-electron chi connectivity index (χ2n) is 14.0. The molecule has 260 valence electrons. The lowest BCUT2D eigenvalue weighted by Crippen LogP contribution is -2.00. The van der Waals surface area contributed by atoms with Crippen LogP contribution in [0.15, 0.2) is 194 Å². The van der Waals surface area contributed by atoms with E-state index in [0.29, 0.717) is 11.3 Å². The van der Waals surface area contributed by atoms with Gasteiger partial charge >= 0.3 is 0 Å². The topological polar surface area (TPSA) is 45.9 Å². The molecule has 0 bridgehead atoms. The summed E-state index contributed by atoms with van der Waals surface area (Å²) < 4.78 is 6.50. The van der Waals surface area contributed by atoms with E-state index in [-0.39, 0.29) is 0 Å². The Morgan fingerprint density at radius 2 is 1.12 bits per heavy atom. The Hall–Kier alpha value is -7.76. The van der Waals surface area contributed by atoms with Gasteiger partial charge in [0.1, 0.15) is 5.75 Å². The minimum atomic E-state index is 0.585. The number of benzene rings is 8. The molecule has 0 unspecified atom stereocenters. The molecule has 2 heterocycles. The van der Waals surface area contributed by atoms with E-state index in [2.05, 4.69) is 163 Å². The maximum atomic E-state index is 9.45. The number of hydrogen-bond donors (Lipinski definition) is 0. The van der Waals surface area contributed by atoms with Gasteiger partial charge in [0, 0.05) is 27.6 Å². The van der Waals surface area contributed by atoms with Crippen molar-refractivity contribution in [2.24, 2.45) is 0 Å². The Kier molecular flexibility index (Phi) is 8.16. The Morgan fingerprint density at radius 3 is 1.88 bits per heavy atom. The third-order valence-electron chi connectivity index (χ3n) is 10.5. The quantitative estimate of drug-likeness (QED) is 0.161. The average molecular weight is 713 g/mol. The molecule has 10 rings (SSSR count). The minimum absolute atomic E-state index is 0.585. The first-order valence-corrected chi connectivity index (χ1v) is 18.7. The Balaban J connectivity index is 1.05. The van der Waals surface area contributed by atoms with Crippen LogP contribution in [-0.2, 0) is 0 Å². The molecule has 1 aromatic heterocycles. The predicted molar refractivity (Wildman–Crippen MR) is 230 cm³/mol. The van der Waals surface area contributed by atoms with Gasteiger partial charge in [0.15, 0.2) is 5.76 Å². The van der Waals surface area contributed by atoms with Gasteiger partial charge in [-0.2, -0.15) is 5.26 Å². The molecule has 0 N–H and O–H groups in total. The molecule has 9 aromatic rings. The van der Waals surface area contributed by atoms with Crippen LogP contribution >= 0.6 is 0 Å². The van der Waals surface area contributed by atoms with Gasteiger partial charge in [-0.3, -0.25) is 0 Å². The van der Waals surface area contributed by atoms with Crippen molar-refractivity contribution < 1.29 is 4.74 Å². The van der Waals surface area contributed by atoms with E-state index < -0.39 is 0 Å². The normalized spacial score (nSPS) is 11.8. The molecular formula is C53H32N2O. The first-order chi connectivity index (χ1) is 27.7. The van der Waals surface area contributed by atoms with Crippen LogP contribution in [0.5, 0.6) is 5.75 Å². The standard InChI is InChI=1S/C53H32N2O/c54-34-35-10-9-16-44(30-35)51-29-26-41-22-23-43-31-42(25-28-48(43)53(41)56-51)47-27-24-37-11-7-8-17-46(37)52(47)40-20-18-36(19-21-40)45-32-49(38-12-3-1-4-13-38)55-50(33-45)39-14-5-2-6-15-39/h1-28,30-33H. The minimum Gasteiger partial charge on any atom is -0.447 e. The molecule has 0 radical (unpaired) electrons. The average Bonchev–Trinajstić information content (AvgIpc) is 3.28. The van der Waals surface area contributed by atoms with E-state index in [1.807, 2.05) is 36.4 Å². The van der Waals surface area contributed by atoms with Gasteiger partial charge in [-0.15, -0.1) is 0 Å². The number of rotatable bonds is 6. The largest absolute Gasteiger partial charge is 0.447 e. The maximum Gasteiger partial charge on any atom is 0.177 e. The lowest BCUT2D eigenvalue weighted by Gasteiger charge is -2.18. The van der Waals surface area contributed by atoms with Crippen molar-refractivity contribution in [1.29, 1.82) is 5.26 Å². The Morgan fingerprint density at radius 1 is 0.464 bits per heavy atom. The van der Waals surface area contributed by atoms with Crippen LogP contribution in [0.3, 0.4) is 0 Å². The zero-order valence-electron chi connectivity index (χ0n) is 30.3. The molecule has 0 fully saturated rings. The fourth-order valence-electron chi connectivity index (χ4n) is 7.72. The SMILES string of the molecule is N#Cc1cccc(C2=C=Cc3ccc4cc(-c5ccc6ccccc6c5-c5ccc(-c6cc(-c7ccccc7)nc(-c7ccccc7)c6)cc5)ccc4c3O2)c1. The van der Waals surface area contributed by atoms with Crippen LogP contribution in [-0.4, -0.2) is 4.98 Å². The summed E-state index contributed by atoms with van der Waals surface area (Å²) in [6.07, 6.45) is 1.96. The van der Waals surface area contributed by atoms with E-state index in [0.717, 1.165) is 78.0 Å². The molecule has 0 aliphatic carbocycles. The molecule has 8 aromatic carbocycles. The van der Waals surface area contributed by atoms with Gasteiger partial charge in [-0.1, -0.05) is 151 Å². The number of aromatic nitrogens is 1. The van der Waals surface area contributed by atoms with Gasteiger partial charge in [0.2, 0.25) is 0 Å². The van der Waals surface area contributed by atoms with Crippen molar-refractivity contribution in [3.8, 4) is 67.7 Å². The van der Waals surface area contributed by atoms with Crippen LogP contribution in [0.2, 0.25) is 0 Å². The highest BCUT2D eigenvalue weighted by Gasteiger charge is 2.18. The third-order valence-corrected chi connectivity index (χ3v) is 10.5. The lowest BCUT2D eigenvalue weighted by atomic mass is 9.88. The fourth-order valence-corrected chi connectivity index (χ4v) is 7.72. The van der Waals surface area contributed by atoms with E-state index in [9.17, 15) is 5.26 Å². The van der Waals surface area contributed by atoms with E-state index in [1.54, 1.807) is 6.07 Å². The highest BCUT2D eigenvalue weighted by Crippen LogP contribution is 2.42. The van der Waals surface area contributed by atoms with E-state index >= 15 is 0 Å². The first kappa shape index (κ1) is 32.9. The number of fused-ring (bicyclic) bond motifs is 4.